The molecule has 1 amide bonds. The summed E-state index contributed by atoms with van der Waals surface area (Å²) in [6.45, 7) is 8.13. The van der Waals surface area contributed by atoms with Crippen LogP contribution in [0.2, 0.25) is 5.02 Å². The second-order valence-corrected chi connectivity index (χ2v) is 8.54. The van der Waals surface area contributed by atoms with Gasteiger partial charge in [0.15, 0.2) is 5.11 Å². The molecule has 0 spiro atoms. The number of fused-ring (bicyclic) bond motifs is 1. The van der Waals surface area contributed by atoms with E-state index in [1.165, 1.54) is 5.69 Å². The van der Waals surface area contributed by atoms with Crippen molar-refractivity contribution in [2.75, 3.05) is 23.3 Å². The van der Waals surface area contributed by atoms with E-state index in [2.05, 4.69) is 51.7 Å². The highest BCUT2D eigenvalue weighted by molar-refractivity contribution is 7.80. The molecule has 0 bridgehead atoms. The molecule has 0 radical (unpaired) electrons. The summed E-state index contributed by atoms with van der Waals surface area (Å²) in [6.07, 6.45) is 0. The van der Waals surface area contributed by atoms with Crippen LogP contribution >= 0.6 is 23.8 Å². The number of hydrogen-bond acceptors (Lipinski definition) is 5. The molecule has 0 unspecified atom stereocenters. The molecule has 1 heterocycles. The standard InChI is InChI=1S/C25H25ClN6OS/c1-4-31(5-2)17-10-12-18(13-11-17)32-29-22-14-16(3)21(15-23(22)30-32)27-25(34)28-24(33)19-8-6-7-9-20(19)26/h6-15H,4-5H2,1-3H3,(H2,27,28,33,34). The zero-order valence-corrected chi connectivity index (χ0v) is 20.7. The topological polar surface area (TPSA) is 75.1 Å². The molecular formula is C25H25ClN6OS. The average Bonchev–Trinajstić information content (AvgIpc) is 3.23. The fourth-order valence-corrected chi connectivity index (χ4v) is 4.10. The van der Waals surface area contributed by atoms with E-state index in [4.69, 9.17) is 23.8 Å². The van der Waals surface area contributed by atoms with Crippen molar-refractivity contribution >= 4 is 57.2 Å². The first-order chi connectivity index (χ1) is 16.4. The predicted octanol–water partition coefficient (Wildman–Crippen LogP) is 5.36. The summed E-state index contributed by atoms with van der Waals surface area (Å²) < 4.78 is 0. The maximum atomic E-state index is 12.5. The molecule has 0 atom stereocenters. The third kappa shape index (κ3) is 5.03. The van der Waals surface area contributed by atoms with Gasteiger partial charge in [0, 0.05) is 24.5 Å². The summed E-state index contributed by atoms with van der Waals surface area (Å²) in [5, 5.41) is 15.5. The van der Waals surface area contributed by atoms with Gasteiger partial charge in [-0.15, -0.1) is 10.2 Å². The lowest BCUT2D eigenvalue weighted by Gasteiger charge is -2.20. The Labute approximate surface area is 208 Å². The number of aromatic nitrogens is 3. The lowest BCUT2D eigenvalue weighted by molar-refractivity contribution is 0.0978. The number of benzene rings is 3. The number of hydrogen-bond donors (Lipinski definition) is 2. The Balaban J connectivity index is 1.52. The lowest BCUT2D eigenvalue weighted by atomic mass is 10.2. The van der Waals surface area contributed by atoms with Gasteiger partial charge in [-0.25, -0.2) is 0 Å². The van der Waals surface area contributed by atoms with Crippen molar-refractivity contribution in [3.8, 4) is 5.69 Å². The fourth-order valence-electron chi connectivity index (χ4n) is 3.67. The predicted molar refractivity (Wildman–Crippen MR) is 142 cm³/mol. The first kappa shape index (κ1) is 23.7. The maximum Gasteiger partial charge on any atom is 0.258 e. The van der Waals surface area contributed by atoms with E-state index < -0.39 is 0 Å². The van der Waals surface area contributed by atoms with E-state index in [0.29, 0.717) is 16.1 Å². The zero-order chi connectivity index (χ0) is 24.2. The van der Waals surface area contributed by atoms with Crippen LogP contribution in [0.4, 0.5) is 11.4 Å². The molecule has 0 fully saturated rings. The molecule has 0 aliphatic heterocycles. The minimum Gasteiger partial charge on any atom is -0.372 e. The summed E-state index contributed by atoms with van der Waals surface area (Å²) in [4.78, 5) is 16.4. The number of anilines is 2. The molecule has 174 valence electrons. The summed E-state index contributed by atoms with van der Waals surface area (Å²) >= 11 is 11.4. The van der Waals surface area contributed by atoms with Crippen LogP contribution in [-0.4, -0.2) is 39.1 Å². The Morgan fingerprint density at radius 2 is 1.68 bits per heavy atom. The number of rotatable bonds is 6. The van der Waals surface area contributed by atoms with E-state index in [0.717, 1.165) is 35.5 Å². The quantitative estimate of drug-likeness (QED) is 0.353. The highest BCUT2D eigenvalue weighted by Crippen LogP contribution is 2.23. The van der Waals surface area contributed by atoms with Crippen LogP contribution in [0.25, 0.3) is 16.7 Å². The van der Waals surface area contributed by atoms with Gasteiger partial charge in [-0.2, -0.15) is 4.80 Å². The Morgan fingerprint density at radius 1 is 1.03 bits per heavy atom. The van der Waals surface area contributed by atoms with Crippen LogP contribution in [0.3, 0.4) is 0 Å². The molecule has 0 aliphatic rings. The Hall–Kier alpha value is -3.49. The number of thiocarbonyl (C=S) groups is 1. The van der Waals surface area contributed by atoms with Crippen molar-refractivity contribution in [3.05, 3.63) is 76.8 Å². The minimum atomic E-state index is -0.374. The number of nitrogens with one attached hydrogen (secondary N) is 2. The van der Waals surface area contributed by atoms with Crippen molar-refractivity contribution in [3.63, 3.8) is 0 Å². The Kier molecular flexibility index (Phi) is 7.09. The fraction of sp³-hybridized carbons (Fsp3) is 0.200. The molecule has 0 aliphatic carbocycles. The van der Waals surface area contributed by atoms with Crippen LogP contribution in [0.15, 0.2) is 60.7 Å². The normalized spacial score (nSPS) is 10.8. The van der Waals surface area contributed by atoms with Gasteiger partial charge in [0.05, 0.1) is 16.3 Å². The number of amides is 1. The first-order valence-electron chi connectivity index (χ1n) is 11.0. The molecule has 4 aromatic rings. The van der Waals surface area contributed by atoms with E-state index in [1.807, 2.05) is 31.2 Å². The number of halogens is 1. The molecule has 34 heavy (non-hydrogen) atoms. The van der Waals surface area contributed by atoms with Gasteiger partial charge in [0.2, 0.25) is 0 Å². The monoisotopic (exact) mass is 492 g/mol. The van der Waals surface area contributed by atoms with Gasteiger partial charge >= 0.3 is 0 Å². The van der Waals surface area contributed by atoms with Gasteiger partial charge in [-0.1, -0.05) is 23.7 Å². The van der Waals surface area contributed by atoms with Gasteiger partial charge in [0.1, 0.15) is 11.0 Å². The second-order valence-electron chi connectivity index (χ2n) is 7.72. The van der Waals surface area contributed by atoms with Crippen molar-refractivity contribution in [2.45, 2.75) is 20.8 Å². The second kappa shape index (κ2) is 10.2. The van der Waals surface area contributed by atoms with E-state index >= 15 is 0 Å². The Bertz CT molecular complexity index is 1350. The molecule has 0 saturated carbocycles. The lowest BCUT2D eigenvalue weighted by Crippen LogP contribution is -2.34. The number of carbonyl (C=O) groups excluding carboxylic acids is 1. The third-order valence-corrected chi connectivity index (χ3v) is 6.06. The third-order valence-electron chi connectivity index (χ3n) is 5.53. The van der Waals surface area contributed by atoms with E-state index in [-0.39, 0.29) is 11.0 Å². The molecule has 4 rings (SSSR count). The van der Waals surface area contributed by atoms with Gasteiger partial charge < -0.3 is 10.2 Å². The molecule has 2 N–H and O–H groups in total. The highest BCUT2D eigenvalue weighted by atomic mass is 35.5. The smallest absolute Gasteiger partial charge is 0.258 e. The summed E-state index contributed by atoms with van der Waals surface area (Å²) in [5.41, 5.74) is 5.53. The molecule has 1 aromatic heterocycles. The van der Waals surface area contributed by atoms with Crippen molar-refractivity contribution in [2.24, 2.45) is 0 Å². The number of carbonyl (C=O) groups is 1. The zero-order valence-electron chi connectivity index (χ0n) is 19.2. The van der Waals surface area contributed by atoms with Crippen molar-refractivity contribution in [1.29, 1.82) is 0 Å². The van der Waals surface area contributed by atoms with Crippen LogP contribution < -0.4 is 15.5 Å². The number of nitrogens with zero attached hydrogens (tertiary/aromatic N) is 4. The maximum absolute atomic E-state index is 12.5. The van der Waals surface area contributed by atoms with E-state index in [9.17, 15) is 4.79 Å². The summed E-state index contributed by atoms with van der Waals surface area (Å²) in [7, 11) is 0. The molecule has 9 heteroatoms. The van der Waals surface area contributed by atoms with Crippen molar-refractivity contribution < 1.29 is 4.79 Å². The van der Waals surface area contributed by atoms with Gasteiger partial charge in [-0.3, -0.25) is 10.1 Å². The number of aryl methyl sites for hydroxylation is 1. The molecule has 3 aromatic carbocycles. The Morgan fingerprint density at radius 3 is 2.32 bits per heavy atom. The van der Waals surface area contributed by atoms with Gasteiger partial charge in [0.25, 0.3) is 5.91 Å². The molecular weight excluding hydrogens is 468 g/mol. The van der Waals surface area contributed by atoms with Crippen LogP contribution in [0.1, 0.15) is 29.8 Å². The SMILES string of the molecule is CCN(CC)c1ccc(-n2nc3cc(C)c(NC(=S)NC(=O)c4ccccc4Cl)cc3n2)cc1. The largest absolute Gasteiger partial charge is 0.372 e. The van der Waals surface area contributed by atoms with Crippen LogP contribution in [0.5, 0.6) is 0 Å². The summed E-state index contributed by atoms with van der Waals surface area (Å²) in [5.74, 6) is -0.374. The molecule has 0 saturated heterocycles. The van der Waals surface area contributed by atoms with Crippen molar-refractivity contribution in [1.82, 2.24) is 20.3 Å². The minimum absolute atomic E-state index is 0.173. The van der Waals surface area contributed by atoms with Crippen LogP contribution in [0, 0.1) is 6.92 Å². The van der Waals surface area contributed by atoms with Crippen LogP contribution in [-0.2, 0) is 0 Å². The van der Waals surface area contributed by atoms with Gasteiger partial charge in [-0.05, 0) is 87.1 Å². The highest BCUT2D eigenvalue weighted by Gasteiger charge is 2.14. The molecule has 7 nitrogen and oxygen atoms in total. The summed E-state index contributed by atoms with van der Waals surface area (Å²) in [6, 6.07) is 18.8. The van der Waals surface area contributed by atoms with E-state index in [1.54, 1.807) is 29.1 Å². The first-order valence-corrected chi connectivity index (χ1v) is 11.8. The average molecular weight is 493 g/mol.